The second-order valence-corrected chi connectivity index (χ2v) is 7.36. The molecule has 1 fully saturated rings. The number of rotatable bonds is 4. The van der Waals surface area contributed by atoms with Gasteiger partial charge in [0.1, 0.15) is 11.6 Å². The summed E-state index contributed by atoms with van der Waals surface area (Å²) in [6.45, 7) is 3.29. The Labute approximate surface area is 155 Å². The lowest BCUT2D eigenvalue weighted by atomic mass is 9.90. The number of piperidine rings is 1. The Morgan fingerprint density at radius 1 is 1.44 bits per heavy atom. The molecule has 2 heterocycles. The van der Waals surface area contributed by atoms with E-state index in [0.29, 0.717) is 41.1 Å². The first kappa shape index (κ1) is 18.1. The SMILES string of the molecule is CCc1nsc(NC(=O)N2CCC(Cc3ccc(Cl)cc3F)CC2)n1. The van der Waals surface area contributed by atoms with Crippen molar-refractivity contribution in [1.82, 2.24) is 14.3 Å². The summed E-state index contributed by atoms with van der Waals surface area (Å²) < 4.78 is 18.1. The van der Waals surface area contributed by atoms with Crippen LogP contribution in [0.3, 0.4) is 0 Å². The lowest BCUT2D eigenvalue weighted by molar-refractivity contribution is 0.182. The summed E-state index contributed by atoms with van der Waals surface area (Å²) in [5.41, 5.74) is 0.688. The summed E-state index contributed by atoms with van der Waals surface area (Å²) in [5, 5.41) is 3.75. The van der Waals surface area contributed by atoms with E-state index in [9.17, 15) is 9.18 Å². The Bertz CT molecular complexity index is 746. The number of aromatic nitrogens is 2. The molecule has 0 bridgehead atoms. The molecule has 1 saturated heterocycles. The molecule has 0 radical (unpaired) electrons. The topological polar surface area (TPSA) is 58.1 Å². The van der Waals surface area contributed by atoms with Gasteiger partial charge in [0.05, 0.1) is 0 Å². The van der Waals surface area contributed by atoms with E-state index in [0.717, 1.165) is 25.1 Å². The zero-order chi connectivity index (χ0) is 17.8. The number of halogens is 2. The van der Waals surface area contributed by atoms with Crippen LogP contribution in [0, 0.1) is 11.7 Å². The number of benzene rings is 1. The summed E-state index contributed by atoms with van der Waals surface area (Å²) in [6.07, 6.45) is 3.13. The molecule has 1 aliphatic heterocycles. The third-order valence-electron chi connectivity index (χ3n) is 4.42. The highest BCUT2D eigenvalue weighted by molar-refractivity contribution is 7.09. The van der Waals surface area contributed by atoms with Gasteiger partial charge in [-0.05, 0) is 42.9 Å². The monoisotopic (exact) mass is 382 g/mol. The van der Waals surface area contributed by atoms with Gasteiger partial charge in [0.15, 0.2) is 0 Å². The molecule has 1 aliphatic rings. The first-order chi connectivity index (χ1) is 12.0. The molecule has 1 aromatic heterocycles. The van der Waals surface area contributed by atoms with Crippen LogP contribution < -0.4 is 5.32 Å². The van der Waals surface area contributed by atoms with Crippen molar-refractivity contribution >= 4 is 34.3 Å². The molecular weight excluding hydrogens is 363 g/mol. The summed E-state index contributed by atoms with van der Waals surface area (Å²) in [7, 11) is 0. The van der Waals surface area contributed by atoms with Gasteiger partial charge in [-0.1, -0.05) is 24.6 Å². The van der Waals surface area contributed by atoms with E-state index in [2.05, 4.69) is 14.7 Å². The van der Waals surface area contributed by atoms with Gasteiger partial charge in [-0.25, -0.2) is 14.2 Å². The van der Waals surface area contributed by atoms with Crippen molar-refractivity contribution < 1.29 is 9.18 Å². The predicted octanol–water partition coefficient (Wildman–Crippen LogP) is 4.38. The third kappa shape index (κ3) is 4.67. The second-order valence-electron chi connectivity index (χ2n) is 6.17. The number of hydrogen-bond acceptors (Lipinski definition) is 4. The van der Waals surface area contributed by atoms with Crippen molar-refractivity contribution in [3.05, 3.63) is 40.4 Å². The van der Waals surface area contributed by atoms with Gasteiger partial charge >= 0.3 is 6.03 Å². The number of hydrogen-bond donors (Lipinski definition) is 1. The quantitative estimate of drug-likeness (QED) is 0.853. The standard InChI is InChI=1S/C17H20ClFN4OS/c1-2-15-20-16(25-22-15)21-17(24)23-7-5-11(6-8-23)9-12-3-4-13(18)10-14(12)19/h3-4,10-11H,2,5-9H2,1H3,(H,20,21,22,24). The van der Waals surface area contributed by atoms with Crippen LogP contribution >= 0.6 is 23.1 Å². The van der Waals surface area contributed by atoms with Gasteiger partial charge in [0.2, 0.25) is 5.13 Å². The van der Waals surface area contributed by atoms with E-state index >= 15 is 0 Å². The van der Waals surface area contributed by atoms with E-state index in [4.69, 9.17) is 11.6 Å². The maximum absolute atomic E-state index is 13.9. The van der Waals surface area contributed by atoms with Crippen LogP contribution in [0.15, 0.2) is 18.2 Å². The zero-order valence-electron chi connectivity index (χ0n) is 14.0. The van der Waals surface area contributed by atoms with Crippen molar-refractivity contribution in [2.45, 2.75) is 32.6 Å². The number of amides is 2. The van der Waals surface area contributed by atoms with Crippen LogP contribution in [0.25, 0.3) is 0 Å². The zero-order valence-corrected chi connectivity index (χ0v) is 15.5. The van der Waals surface area contributed by atoms with Crippen molar-refractivity contribution in [3.63, 3.8) is 0 Å². The van der Waals surface area contributed by atoms with E-state index in [1.165, 1.54) is 17.6 Å². The van der Waals surface area contributed by atoms with E-state index < -0.39 is 0 Å². The van der Waals surface area contributed by atoms with E-state index in [1.54, 1.807) is 17.0 Å². The van der Waals surface area contributed by atoms with Gasteiger partial charge in [0, 0.05) is 36.1 Å². The summed E-state index contributed by atoms with van der Waals surface area (Å²) in [5.74, 6) is 0.854. The van der Waals surface area contributed by atoms with Crippen LogP contribution in [0.2, 0.25) is 5.02 Å². The Hall–Kier alpha value is -1.73. The highest BCUT2D eigenvalue weighted by Gasteiger charge is 2.24. The van der Waals surface area contributed by atoms with Crippen LogP contribution in [-0.4, -0.2) is 33.4 Å². The van der Waals surface area contributed by atoms with Gasteiger partial charge in [-0.2, -0.15) is 4.37 Å². The fourth-order valence-electron chi connectivity index (χ4n) is 2.96. The molecule has 1 aromatic carbocycles. The smallest absolute Gasteiger partial charge is 0.323 e. The Kier molecular flexibility index (Phi) is 5.86. The number of anilines is 1. The maximum Gasteiger partial charge on any atom is 0.323 e. The Balaban J connectivity index is 1.50. The first-order valence-electron chi connectivity index (χ1n) is 8.37. The van der Waals surface area contributed by atoms with Crippen molar-refractivity contribution in [2.24, 2.45) is 5.92 Å². The molecule has 0 saturated carbocycles. The number of carbonyl (C=O) groups is 1. The van der Waals surface area contributed by atoms with Gasteiger partial charge < -0.3 is 4.90 Å². The van der Waals surface area contributed by atoms with Crippen LogP contribution in [0.4, 0.5) is 14.3 Å². The Morgan fingerprint density at radius 3 is 2.84 bits per heavy atom. The normalized spacial score (nSPS) is 15.4. The molecule has 8 heteroatoms. The molecule has 2 amide bonds. The number of nitrogens with one attached hydrogen (secondary N) is 1. The number of urea groups is 1. The molecule has 0 atom stereocenters. The highest BCUT2D eigenvalue weighted by Crippen LogP contribution is 2.25. The molecule has 3 rings (SSSR count). The molecule has 25 heavy (non-hydrogen) atoms. The van der Waals surface area contributed by atoms with Crippen molar-refractivity contribution in [2.75, 3.05) is 18.4 Å². The fourth-order valence-corrected chi connectivity index (χ4v) is 3.76. The molecule has 0 spiro atoms. The van der Waals surface area contributed by atoms with Gasteiger partial charge in [-0.3, -0.25) is 5.32 Å². The molecule has 5 nitrogen and oxygen atoms in total. The third-order valence-corrected chi connectivity index (χ3v) is 5.33. The molecule has 2 aromatic rings. The largest absolute Gasteiger partial charge is 0.324 e. The molecular formula is C17H20ClFN4OS. The number of carbonyl (C=O) groups excluding carboxylic acids is 1. The average Bonchev–Trinajstić information content (AvgIpc) is 3.05. The minimum Gasteiger partial charge on any atom is -0.324 e. The number of likely N-dealkylation sites (tertiary alicyclic amines) is 1. The van der Waals surface area contributed by atoms with Gasteiger partial charge in [-0.15, -0.1) is 0 Å². The lowest BCUT2D eigenvalue weighted by Crippen LogP contribution is -2.41. The maximum atomic E-state index is 13.9. The lowest BCUT2D eigenvalue weighted by Gasteiger charge is -2.31. The average molecular weight is 383 g/mol. The van der Waals surface area contributed by atoms with Crippen LogP contribution in [0.5, 0.6) is 0 Å². The highest BCUT2D eigenvalue weighted by atomic mass is 35.5. The summed E-state index contributed by atoms with van der Waals surface area (Å²) in [6, 6.07) is 4.67. The fraction of sp³-hybridized carbons (Fsp3) is 0.471. The van der Waals surface area contributed by atoms with Crippen molar-refractivity contribution in [3.8, 4) is 0 Å². The van der Waals surface area contributed by atoms with Crippen molar-refractivity contribution in [1.29, 1.82) is 0 Å². The summed E-state index contributed by atoms with van der Waals surface area (Å²) >= 11 is 6.99. The summed E-state index contributed by atoms with van der Waals surface area (Å²) in [4.78, 5) is 18.3. The first-order valence-corrected chi connectivity index (χ1v) is 9.52. The second kappa shape index (κ2) is 8.10. The molecule has 0 unspecified atom stereocenters. The number of aryl methyl sites for hydroxylation is 1. The minimum atomic E-state index is -0.254. The Morgan fingerprint density at radius 2 is 2.20 bits per heavy atom. The molecule has 134 valence electrons. The minimum absolute atomic E-state index is 0.144. The van der Waals surface area contributed by atoms with Gasteiger partial charge in [0.25, 0.3) is 0 Å². The number of nitrogens with zero attached hydrogens (tertiary/aromatic N) is 3. The van der Waals surface area contributed by atoms with E-state index in [-0.39, 0.29) is 11.8 Å². The molecule has 1 N–H and O–H groups in total. The predicted molar refractivity (Wildman–Crippen MR) is 97.7 cm³/mol. The van der Waals surface area contributed by atoms with Crippen LogP contribution in [0.1, 0.15) is 31.2 Å². The van der Waals surface area contributed by atoms with E-state index in [1.807, 2.05) is 6.92 Å². The molecule has 0 aliphatic carbocycles. The van der Waals surface area contributed by atoms with Crippen LogP contribution in [-0.2, 0) is 12.8 Å².